The van der Waals surface area contributed by atoms with Crippen LogP contribution in [0.25, 0.3) is 39.6 Å². The number of nitriles is 1. The Morgan fingerprint density at radius 1 is 1.11 bits per heavy atom. The van der Waals surface area contributed by atoms with E-state index in [0.29, 0.717) is 17.4 Å². The van der Waals surface area contributed by atoms with E-state index >= 15 is 0 Å². The van der Waals surface area contributed by atoms with Crippen LogP contribution in [0, 0.1) is 23.2 Å². The lowest BCUT2D eigenvalue weighted by molar-refractivity contribution is -0.131. The molecule has 0 spiro atoms. The number of imidazole rings is 1. The fourth-order valence-corrected chi connectivity index (χ4v) is 5.61. The van der Waals surface area contributed by atoms with Crippen LogP contribution in [-0.4, -0.2) is 40.5 Å². The summed E-state index contributed by atoms with van der Waals surface area (Å²) in [5, 5.41) is 13.0. The van der Waals surface area contributed by atoms with E-state index in [0.717, 1.165) is 83.7 Å². The molecular weight excluding hydrogens is 470 g/mol. The van der Waals surface area contributed by atoms with Gasteiger partial charge in [-0.3, -0.25) is 4.79 Å². The van der Waals surface area contributed by atoms with E-state index in [1.54, 1.807) is 0 Å². The van der Waals surface area contributed by atoms with Crippen LogP contribution in [0.3, 0.4) is 0 Å². The van der Waals surface area contributed by atoms with Crippen LogP contribution in [0.15, 0.2) is 67.2 Å². The van der Waals surface area contributed by atoms with E-state index in [1.807, 2.05) is 36.2 Å². The number of anilines is 1. The van der Waals surface area contributed by atoms with Gasteiger partial charge < -0.3 is 14.8 Å². The van der Waals surface area contributed by atoms with E-state index in [4.69, 9.17) is 4.98 Å². The number of rotatable bonds is 7. The van der Waals surface area contributed by atoms with Gasteiger partial charge in [0.05, 0.1) is 11.1 Å². The molecule has 1 aliphatic heterocycles. The molecule has 2 fully saturated rings. The molecule has 38 heavy (non-hydrogen) atoms. The number of benzene rings is 3. The number of para-hydroxylation sites is 1. The van der Waals surface area contributed by atoms with Crippen molar-refractivity contribution in [1.82, 2.24) is 14.5 Å². The first kappa shape index (κ1) is 24.0. The van der Waals surface area contributed by atoms with Gasteiger partial charge >= 0.3 is 0 Å². The number of nitrogens with zero attached hydrogens (tertiary/aromatic N) is 4. The number of hydrogen-bond acceptors (Lipinski definition) is 4. The molecular formula is C32H31N5O. The van der Waals surface area contributed by atoms with Crippen molar-refractivity contribution in [3.8, 4) is 28.6 Å². The summed E-state index contributed by atoms with van der Waals surface area (Å²) in [7, 11) is 1.92. The Balaban J connectivity index is 1.34. The van der Waals surface area contributed by atoms with Crippen LogP contribution in [0.4, 0.5) is 5.69 Å². The predicted octanol–water partition coefficient (Wildman–Crippen LogP) is 6.19. The average molecular weight is 502 g/mol. The molecule has 1 unspecified atom stereocenters. The zero-order valence-electron chi connectivity index (χ0n) is 21.7. The highest BCUT2D eigenvalue weighted by molar-refractivity contribution is 5.86. The number of amides is 1. The lowest BCUT2D eigenvalue weighted by Gasteiger charge is -2.18. The topological polar surface area (TPSA) is 74.0 Å². The SMILES string of the molecule is C=Cc1ccc(-c2ccc(-c3nc4c(C#N)cccc4n3CC3CCN(C(=O)C4CC4)C3)cc2)cc1NC. The molecule has 2 aliphatic rings. The van der Waals surface area contributed by atoms with Crippen molar-refractivity contribution in [3.63, 3.8) is 0 Å². The molecule has 1 saturated carbocycles. The predicted molar refractivity (Wildman–Crippen MR) is 152 cm³/mol. The van der Waals surface area contributed by atoms with Gasteiger partial charge in [0.15, 0.2) is 0 Å². The van der Waals surface area contributed by atoms with Crippen molar-refractivity contribution in [3.05, 3.63) is 78.4 Å². The zero-order chi connectivity index (χ0) is 26.2. The van der Waals surface area contributed by atoms with Gasteiger partial charge in [-0.15, -0.1) is 0 Å². The van der Waals surface area contributed by atoms with Crippen molar-refractivity contribution in [1.29, 1.82) is 5.26 Å². The second-order valence-corrected chi connectivity index (χ2v) is 10.4. The molecule has 1 aliphatic carbocycles. The Morgan fingerprint density at radius 3 is 2.58 bits per heavy atom. The molecule has 4 aromatic rings. The molecule has 2 heterocycles. The molecule has 1 atom stereocenters. The Morgan fingerprint density at radius 2 is 1.87 bits per heavy atom. The van der Waals surface area contributed by atoms with E-state index in [2.05, 4.69) is 65.0 Å². The molecule has 1 saturated heterocycles. The van der Waals surface area contributed by atoms with Crippen molar-refractivity contribution in [2.24, 2.45) is 11.8 Å². The van der Waals surface area contributed by atoms with Gasteiger partial charge in [0.25, 0.3) is 0 Å². The maximum atomic E-state index is 12.6. The molecule has 1 N–H and O–H groups in total. The molecule has 0 radical (unpaired) electrons. The highest BCUT2D eigenvalue weighted by Gasteiger charge is 2.36. The summed E-state index contributed by atoms with van der Waals surface area (Å²) in [5.74, 6) is 1.81. The molecule has 190 valence electrons. The van der Waals surface area contributed by atoms with Gasteiger partial charge in [-0.25, -0.2) is 4.98 Å². The third kappa shape index (κ3) is 4.35. The maximum Gasteiger partial charge on any atom is 0.225 e. The molecule has 3 aromatic carbocycles. The first-order valence-corrected chi connectivity index (χ1v) is 13.3. The number of carbonyl (C=O) groups is 1. The van der Waals surface area contributed by atoms with E-state index in [1.165, 1.54) is 0 Å². The average Bonchev–Trinajstić information content (AvgIpc) is 3.61. The minimum absolute atomic E-state index is 0.257. The summed E-state index contributed by atoms with van der Waals surface area (Å²) in [6.07, 6.45) is 4.92. The van der Waals surface area contributed by atoms with Crippen molar-refractivity contribution < 1.29 is 4.79 Å². The normalized spacial score (nSPS) is 16.9. The van der Waals surface area contributed by atoms with Crippen LogP contribution in [-0.2, 0) is 11.3 Å². The zero-order valence-corrected chi connectivity index (χ0v) is 21.7. The monoisotopic (exact) mass is 501 g/mol. The highest BCUT2D eigenvalue weighted by atomic mass is 16.2. The maximum absolute atomic E-state index is 12.6. The first-order chi connectivity index (χ1) is 18.6. The van der Waals surface area contributed by atoms with Crippen LogP contribution >= 0.6 is 0 Å². The fraction of sp³-hybridized carbons (Fsp3) is 0.281. The van der Waals surface area contributed by atoms with Gasteiger partial charge in [-0.05, 0) is 60.1 Å². The molecule has 6 heteroatoms. The van der Waals surface area contributed by atoms with Crippen LogP contribution < -0.4 is 5.32 Å². The Kier molecular flexibility index (Phi) is 6.21. The van der Waals surface area contributed by atoms with Gasteiger partial charge in [-0.1, -0.05) is 55.1 Å². The smallest absolute Gasteiger partial charge is 0.225 e. The summed E-state index contributed by atoms with van der Waals surface area (Å²) in [5.41, 5.74) is 7.64. The molecule has 1 amide bonds. The molecule has 0 bridgehead atoms. The second kappa shape index (κ2) is 9.83. The van der Waals surface area contributed by atoms with Crippen LogP contribution in [0.1, 0.15) is 30.4 Å². The number of carbonyl (C=O) groups excluding carboxylic acids is 1. The van der Waals surface area contributed by atoms with Crippen molar-refractivity contribution in [2.75, 3.05) is 25.5 Å². The standard InChI is InChI=1S/C32H31N5O/c1-3-22-7-14-26(17-28(22)34-2)23-8-10-24(11-9-23)31-35-30-27(18-33)5-4-6-29(30)37(31)20-21-15-16-36(19-21)32(38)25-12-13-25/h3-11,14,17,21,25,34H,1,12-13,15-16,19-20H2,2H3. The quantitative estimate of drug-likeness (QED) is 0.328. The molecule has 6 nitrogen and oxygen atoms in total. The number of hydrogen-bond donors (Lipinski definition) is 1. The largest absolute Gasteiger partial charge is 0.388 e. The summed E-state index contributed by atoms with van der Waals surface area (Å²) >= 11 is 0. The van der Waals surface area contributed by atoms with Gasteiger partial charge in [0.1, 0.15) is 17.4 Å². The summed E-state index contributed by atoms with van der Waals surface area (Å²) < 4.78 is 2.25. The Bertz CT molecular complexity index is 1570. The number of aromatic nitrogens is 2. The van der Waals surface area contributed by atoms with Gasteiger partial charge in [-0.2, -0.15) is 5.26 Å². The summed E-state index contributed by atoms with van der Waals surface area (Å²) in [6.45, 7) is 6.29. The molecule has 1 aromatic heterocycles. The lowest BCUT2D eigenvalue weighted by atomic mass is 10.0. The third-order valence-electron chi connectivity index (χ3n) is 7.88. The van der Waals surface area contributed by atoms with E-state index < -0.39 is 0 Å². The van der Waals surface area contributed by atoms with Gasteiger partial charge in [0, 0.05) is 43.9 Å². The first-order valence-electron chi connectivity index (χ1n) is 13.3. The van der Waals surface area contributed by atoms with E-state index in [-0.39, 0.29) is 5.92 Å². The number of nitrogens with one attached hydrogen (secondary N) is 1. The number of fused-ring (bicyclic) bond motifs is 1. The summed E-state index contributed by atoms with van der Waals surface area (Å²) in [4.78, 5) is 19.7. The van der Waals surface area contributed by atoms with Crippen LogP contribution in [0.2, 0.25) is 0 Å². The Hall–Kier alpha value is -4.37. The Labute approximate surface area is 223 Å². The van der Waals surface area contributed by atoms with Crippen molar-refractivity contribution in [2.45, 2.75) is 25.8 Å². The molecule has 6 rings (SSSR count). The van der Waals surface area contributed by atoms with E-state index in [9.17, 15) is 10.1 Å². The number of likely N-dealkylation sites (tertiary alicyclic amines) is 1. The summed E-state index contributed by atoms with van der Waals surface area (Å²) in [6, 6.07) is 22.9. The fourth-order valence-electron chi connectivity index (χ4n) is 5.61. The minimum atomic E-state index is 0.257. The second-order valence-electron chi connectivity index (χ2n) is 10.4. The van der Waals surface area contributed by atoms with Gasteiger partial charge in [0.2, 0.25) is 5.91 Å². The van der Waals surface area contributed by atoms with Crippen LogP contribution in [0.5, 0.6) is 0 Å². The highest BCUT2D eigenvalue weighted by Crippen LogP contribution is 2.35. The minimum Gasteiger partial charge on any atom is -0.388 e. The lowest BCUT2D eigenvalue weighted by Crippen LogP contribution is -2.30. The third-order valence-corrected chi connectivity index (χ3v) is 7.88. The van der Waals surface area contributed by atoms with Crippen molar-refractivity contribution >= 4 is 28.7 Å².